The van der Waals surface area contributed by atoms with Crippen molar-refractivity contribution in [1.82, 2.24) is 34.1 Å². The Hall–Kier alpha value is -7.47. The number of phenolic OH excluding ortho intramolecular Hbond substituents is 2. The van der Waals surface area contributed by atoms with Crippen molar-refractivity contribution in [1.29, 1.82) is 0 Å². The number of fused-ring (bicyclic) bond motifs is 5. The molecule has 346 valence electrons. The number of carbonyl (C=O) groups excluding carboxylic acids is 3. The Morgan fingerprint density at radius 1 is 0.925 bits per heavy atom. The van der Waals surface area contributed by atoms with Crippen LogP contribution in [0.2, 0.25) is 0 Å². The zero-order chi connectivity index (χ0) is 47.1. The van der Waals surface area contributed by atoms with Gasteiger partial charge >= 0.3 is 17.8 Å². The first-order chi connectivity index (χ1) is 32.2. The summed E-state index contributed by atoms with van der Waals surface area (Å²) < 4.78 is 14.2. The number of nitrogens with zero attached hydrogens (tertiary/aromatic N) is 7. The van der Waals surface area contributed by atoms with E-state index >= 15 is 0 Å². The van der Waals surface area contributed by atoms with E-state index in [-0.39, 0.29) is 65.4 Å². The summed E-state index contributed by atoms with van der Waals surface area (Å²) in [6.07, 6.45) is 1.18. The number of nitrogens with one attached hydrogen (secondary N) is 1. The molecular formula is C49H50N8O10. The summed E-state index contributed by atoms with van der Waals surface area (Å²) in [5, 5.41) is 39.8. The summed E-state index contributed by atoms with van der Waals surface area (Å²) in [5.74, 6) is -0.704. The molecule has 6 aromatic rings. The minimum absolute atomic E-state index is 0.0383. The molecule has 67 heavy (non-hydrogen) atoms. The molecule has 3 aromatic carbocycles. The van der Waals surface area contributed by atoms with Crippen LogP contribution in [0.5, 0.6) is 17.2 Å². The number of aromatic hydroxyl groups is 2. The molecule has 18 nitrogen and oxygen atoms in total. The second-order valence-corrected chi connectivity index (χ2v) is 17.9. The number of benzene rings is 3. The number of phenols is 2. The summed E-state index contributed by atoms with van der Waals surface area (Å²) in [6, 6.07) is 16.5. The van der Waals surface area contributed by atoms with Crippen molar-refractivity contribution in [3.05, 3.63) is 109 Å². The largest absolute Gasteiger partial charge is 0.508 e. The van der Waals surface area contributed by atoms with Gasteiger partial charge in [-0.2, -0.15) is 5.10 Å². The molecule has 0 bridgehead atoms. The predicted octanol–water partition coefficient (Wildman–Crippen LogP) is 5.03. The third kappa shape index (κ3) is 7.08. The number of esters is 1. The number of anilines is 1. The van der Waals surface area contributed by atoms with E-state index in [1.165, 1.54) is 15.5 Å². The van der Waals surface area contributed by atoms with Gasteiger partial charge in [-0.1, -0.05) is 27.7 Å². The highest BCUT2D eigenvalue weighted by molar-refractivity contribution is 5.91. The molecule has 3 aromatic heterocycles. The SMILES string of the molecule is CCc1c2c(nc3ccc(OC(=O)N4CCCC4C(=O)N4CCN(c5ccc(-n6c(-c7cc(C(C)C)c(O)cc7O)n[nH]c6=O)cc5)CC4)cc13)-c1cc3c(c(=O)n1C2)COC(=O)C3(O)CC. The molecule has 4 aliphatic rings. The number of aromatic nitrogens is 5. The lowest BCUT2D eigenvalue weighted by molar-refractivity contribution is -0.172. The Morgan fingerprint density at radius 2 is 1.67 bits per heavy atom. The molecule has 2 unspecified atom stereocenters. The second kappa shape index (κ2) is 16.4. The number of amides is 2. The third-order valence-electron chi connectivity index (χ3n) is 13.9. The topological polar surface area (TPSA) is 226 Å². The molecule has 0 aliphatic carbocycles. The van der Waals surface area contributed by atoms with Gasteiger partial charge in [0, 0.05) is 61.0 Å². The Balaban J connectivity index is 0.811. The fourth-order valence-electron chi connectivity index (χ4n) is 10.2. The van der Waals surface area contributed by atoms with Crippen LogP contribution in [-0.4, -0.2) is 106 Å². The van der Waals surface area contributed by atoms with E-state index < -0.39 is 29.4 Å². The van der Waals surface area contributed by atoms with Crippen molar-refractivity contribution in [2.24, 2.45) is 0 Å². The van der Waals surface area contributed by atoms with Gasteiger partial charge in [0.15, 0.2) is 11.4 Å². The van der Waals surface area contributed by atoms with Crippen molar-refractivity contribution < 1.29 is 39.2 Å². The fraction of sp³-hybridized carbons (Fsp3) is 0.367. The van der Waals surface area contributed by atoms with Gasteiger partial charge in [-0.05, 0) is 97.3 Å². The Labute approximate surface area is 383 Å². The fourth-order valence-corrected chi connectivity index (χ4v) is 10.2. The van der Waals surface area contributed by atoms with Gasteiger partial charge in [0.25, 0.3) is 5.56 Å². The molecule has 2 atom stereocenters. The van der Waals surface area contributed by atoms with E-state index in [0.717, 1.165) is 22.2 Å². The zero-order valence-electron chi connectivity index (χ0n) is 37.5. The molecule has 2 fully saturated rings. The molecule has 4 N–H and O–H groups in total. The van der Waals surface area contributed by atoms with Gasteiger partial charge in [-0.3, -0.25) is 14.5 Å². The number of rotatable bonds is 8. The number of hydrogen-bond donors (Lipinski definition) is 4. The van der Waals surface area contributed by atoms with E-state index in [4.69, 9.17) is 14.5 Å². The normalized spacial score (nSPS) is 18.9. The van der Waals surface area contributed by atoms with Crippen molar-refractivity contribution in [2.45, 2.75) is 84.1 Å². The molecule has 18 heteroatoms. The number of H-pyrrole nitrogens is 1. The number of likely N-dealkylation sites (tertiary alicyclic amines) is 1. The van der Waals surface area contributed by atoms with Crippen molar-refractivity contribution in [2.75, 3.05) is 37.6 Å². The van der Waals surface area contributed by atoms with Crippen LogP contribution >= 0.6 is 0 Å². The highest BCUT2D eigenvalue weighted by atomic mass is 16.6. The second-order valence-electron chi connectivity index (χ2n) is 17.9. The summed E-state index contributed by atoms with van der Waals surface area (Å²) in [5.41, 5.74) is 3.56. The Bertz CT molecular complexity index is 3150. The maximum absolute atomic E-state index is 14.0. The Morgan fingerprint density at radius 3 is 2.39 bits per heavy atom. The quantitative estimate of drug-likeness (QED) is 0.147. The number of ether oxygens (including phenoxy) is 2. The van der Waals surface area contributed by atoms with Crippen molar-refractivity contribution >= 4 is 34.6 Å². The van der Waals surface area contributed by atoms with Crippen LogP contribution < -0.4 is 20.9 Å². The predicted molar refractivity (Wildman–Crippen MR) is 245 cm³/mol. The molecule has 10 rings (SSSR count). The van der Waals surface area contributed by atoms with Crippen molar-refractivity contribution in [3.63, 3.8) is 0 Å². The maximum Gasteiger partial charge on any atom is 0.415 e. The summed E-state index contributed by atoms with van der Waals surface area (Å²) in [4.78, 5) is 77.6. The minimum Gasteiger partial charge on any atom is -0.508 e. The number of carbonyl (C=O) groups is 3. The zero-order valence-corrected chi connectivity index (χ0v) is 37.5. The summed E-state index contributed by atoms with van der Waals surface area (Å²) >= 11 is 0. The first kappa shape index (κ1) is 43.4. The summed E-state index contributed by atoms with van der Waals surface area (Å²) in [6.45, 7) is 9.87. The van der Waals surface area contributed by atoms with Crippen LogP contribution in [0, 0.1) is 0 Å². The van der Waals surface area contributed by atoms with E-state index in [2.05, 4.69) is 15.1 Å². The number of aryl methyl sites for hydroxylation is 1. The first-order valence-corrected chi connectivity index (χ1v) is 22.7. The average Bonchev–Trinajstić information content (AvgIpc) is 4.07. The van der Waals surface area contributed by atoms with Crippen LogP contribution in [0.4, 0.5) is 10.5 Å². The highest BCUT2D eigenvalue weighted by Gasteiger charge is 2.46. The number of piperazine rings is 1. The monoisotopic (exact) mass is 910 g/mol. The van der Waals surface area contributed by atoms with Gasteiger partial charge < -0.3 is 39.2 Å². The van der Waals surface area contributed by atoms with E-state index in [9.17, 15) is 39.3 Å². The molecule has 7 heterocycles. The lowest BCUT2D eigenvalue weighted by atomic mass is 9.86. The van der Waals surface area contributed by atoms with Gasteiger partial charge in [0.05, 0.1) is 40.3 Å². The number of aromatic amines is 1. The minimum atomic E-state index is -1.93. The van der Waals surface area contributed by atoms with Gasteiger partial charge in [-0.25, -0.2) is 29.0 Å². The van der Waals surface area contributed by atoms with Gasteiger partial charge in [-0.15, -0.1) is 0 Å². The van der Waals surface area contributed by atoms with Crippen LogP contribution in [0.25, 0.3) is 39.4 Å². The molecule has 0 radical (unpaired) electrons. The van der Waals surface area contributed by atoms with E-state index in [0.29, 0.717) is 91.5 Å². The van der Waals surface area contributed by atoms with Crippen LogP contribution in [0.1, 0.15) is 80.7 Å². The molecule has 0 saturated carbocycles. The molecule has 2 saturated heterocycles. The summed E-state index contributed by atoms with van der Waals surface area (Å²) in [7, 11) is 0. The van der Waals surface area contributed by atoms with Gasteiger partial charge in [0.2, 0.25) is 5.91 Å². The first-order valence-electron chi connectivity index (χ1n) is 22.7. The smallest absolute Gasteiger partial charge is 0.415 e. The molecular weight excluding hydrogens is 861 g/mol. The van der Waals surface area contributed by atoms with Crippen molar-refractivity contribution in [3.8, 4) is 45.7 Å². The lowest BCUT2D eigenvalue weighted by Crippen LogP contribution is -2.54. The number of hydrogen-bond acceptors (Lipinski definition) is 13. The third-order valence-corrected chi connectivity index (χ3v) is 13.9. The molecule has 0 spiro atoms. The number of cyclic esters (lactones) is 1. The van der Waals surface area contributed by atoms with E-state index in [1.807, 2.05) is 32.9 Å². The number of pyridine rings is 2. The maximum atomic E-state index is 14.0. The lowest BCUT2D eigenvalue weighted by Gasteiger charge is -2.38. The average molecular weight is 911 g/mol. The van der Waals surface area contributed by atoms with Crippen LogP contribution in [-0.2, 0) is 39.5 Å². The number of aliphatic hydroxyl groups is 1. The highest BCUT2D eigenvalue weighted by Crippen LogP contribution is 2.42. The standard InChI is InChI=1S/C49H50N8O10/c1-5-30-32-20-29(13-14-37(32)50-42-34(30)24-56-39(42)22-36-35(44(56)60)25-66-46(62)49(36,65)6-2)67-48(64)55-15-7-8-38(55)45(61)54-18-16-53(17-19-54)27-9-11-28(12-10-27)57-43(51-52-47(57)63)33-21-31(26(3)4)40(58)23-41(33)59/h9-14,20-23,26,38,58-59,65H,5-8,15-19,24-25H2,1-4H3,(H,52,63). The van der Waals surface area contributed by atoms with Crippen LogP contribution in [0.15, 0.2) is 70.3 Å². The van der Waals surface area contributed by atoms with E-state index in [1.54, 1.807) is 58.9 Å². The Kier molecular flexibility index (Phi) is 10.7. The van der Waals surface area contributed by atoms with Gasteiger partial charge in [0.1, 0.15) is 29.9 Å². The molecule has 2 amide bonds. The van der Waals surface area contributed by atoms with Crippen LogP contribution in [0.3, 0.4) is 0 Å². The molecule has 4 aliphatic heterocycles.